The second-order valence-electron chi connectivity index (χ2n) is 6.43. The molecule has 1 saturated heterocycles. The quantitative estimate of drug-likeness (QED) is 0.508. The van der Waals surface area contributed by atoms with Gasteiger partial charge >= 0.3 is 0 Å². The number of carbonyl (C=O) groups is 1. The Morgan fingerprint density at radius 1 is 1.11 bits per heavy atom. The van der Waals surface area contributed by atoms with Gasteiger partial charge in [0.1, 0.15) is 0 Å². The van der Waals surface area contributed by atoms with Crippen molar-refractivity contribution in [2.24, 2.45) is 0 Å². The first kappa shape index (κ1) is 19.8. The molecular formula is C19H19BrClN3O3. The Labute approximate surface area is 171 Å². The molecule has 27 heavy (non-hydrogen) atoms. The summed E-state index contributed by atoms with van der Waals surface area (Å²) in [4.78, 5) is 27.2. The molecule has 6 nitrogen and oxygen atoms in total. The van der Waals surface area contributed by atoms with E-state index in [1.54, 1.807) is 4.90 Å². The van der Waals surface area contributed by atoms with Crippen molar-refractivity contribution in [3.05, 3.63) is 73.2 Å². The van der Waals surface area contributed by atoms with Crippen LogP contribution < -0.4 is 0 Å². The van der Waals surface area contributed by atoms with E-state index in [-0.39, 0.29) is 11.6 Å². The summed E-state index contributed by atoms with van der Waals surface area (Å²) in [6, 6.07) is 12.3. The minimum Gasteiger partial charge on any atom is -0.336 e. The lowest BCUT2D eigenvalue weighted by molar-refractivity contribution is -0.385. The van der Waals surface area contributed by atoms with Crippen LogP contribution in [-0.4, -0.2) is 53.4 Å². The summed E-state index contributed by atoms with van der Waals surface area (Å²) in [6.07, 6.45) is 0.945. The Balaban J connectivity index is 1.52. The van der Waals surface area contributed by atoms with Crippen molar-refractivity contribution in [1.82, 2.24) is 9.80 Å². The number of benzene rings is 2. The lowest BCUT2D eigenvalue weighted by Gasteiger charge is -2.34. The molecule has 1 aliphatic heterocycles. The van der Waals surface area contributed by atoms with Crippen molar-refractivity contribution in [3.8, 4) is 0 Å². The van der Waals surface area contributed by atoms with Crippen molar-refractivity contribution < 1.29 is 9.72 Å². The van der Waals surface area contributed by atoms with Gasteiger partial charge in [-0.05, 0) is 52.2 Å². The fourth-order valence-corrected chi connectivity index (χ4v) is 3.73. The zero-order valence-corrected chi connectivity index (χ0v) is 16.9. The van der Waals surface area contributed by atoms with E-state index in [0.717, 1.165) is 31.1 Å². The summed E-state index contributed by atoms with van der Waals surface area (Å²) in [7, 11) is 0. The summed E-state index contributed by atoms with van der Waals surface area (Å²) in [5.74, 6) is -0.0945. The van der Waals surface area contributed by atoms with Gasteiger partial charge < -0.3 is 4.90 Å². The highest BCUT2D eigenvalue weighted by Gasteiger charge is 2.23. The molecule has 2 aromatic carbocycles. The number of nitro benzene ring substituents is 1. The number of hydrogen-bond donors (Lipinski definition) is 0. The van der Waals surface area contributed by atoms with Gasteiger partial charge in [0, 0.05) is 49.4 Å². The molecule has 0 unspecified atom stereocenters. The van der Waals surface area contributed by atoms with E-state index in [4.69, 9.17) is 11.6 Å². The standard InChI is InChI=1S/C19H19BrClN3O3/c20-17-13-15(3-6-18(17)24(26)27)19(25)23-11-9-22(10-12-23)8-7-14-1-4-16(21)5-2-14/h1-6,13H,7-12H2. The van der Waals surface area contributed by atoms with Gasteiger partial charge in [0.25, 0.3) is 11.6 Å². The third-order valence-corrected chi connectivity index (χ3v) is 5.57. The molecule has 0 aromatic heterocycles. The molecule has 2 aromatic rings. The predicted molar refractivity (Wildman–Crippen MR) is 108 cm³/mol. The molecule has 0 atom stereocenters. The van der Waals surface area contributed by atoms with Crippen LogP contribution in [0.25, 0.3) is 0 Å². The number of carbonyl (C=O) groups excluding carboxylic acids is 1. The van der Waals surface area contributed by atoms with Gasteiger partial charge in [-0.2, -0.15) is 0 Å². The minimum absolute atomic E-state index is 0.0430. The molecule has 3 rings (SSSR count). The van der Waals surface area contributed by atoms with E-state index in [0.29, 0.717) is 23.1 Å². The zero-order valence-electron chi connectivity index (χ0n) is 14.6. The number of piperazine rings is 1. The Morgan fingerprint density at radius 3 is 2.37 bits per heavy atom. The molecule has 0 aliphatic carbocycles. The van der Waals surface area contributed by atoms with E-state index in [2.05, 4.69) is 20.8 Å². The van der Waals surface area contributed by atoms with Gasteiger partial charge in [0.05, 0.1) is 9.40 Å². The first-order chi connectivity index (χ1) is 12.9. The third-order valence-electron chi connectivity index (χ3n) is 4.68. The fourth-order valence-electron chi connectivity index (χ4n) is 3.08. The van der Waals surface area contributed by atoms with Gasteiger partial charge in [-0.15, -0.1) is 0 Å². The Bertz CT molecular complexity index is 837. The van der Waals surface area contributed by atoms with E-state index in [1.165, 1.54) is 23.8 Å². The van der Waals surface area contributed by atoms with E-state index < -0.39 is 4.92 Å². The van der Waals surface area contributed by atoms with Crippen LogP contribution in [0.5, 0.6) is 0 Å². The number of hydrogen-bond acceptors (Lipinski definition) is 4. The van der Waals surface area contributed by atoms with Crippen molar-refractivity contribution in [1.29, 1.82) is 0 Å². The molecule has 1 amide bonds. The normalized spacial score (nSPS) is 15.0. The molecule has 0 spiro atoms. The summed E-state index contributed by atoms with van der Waals surface area (Å²) in [6.45, 7) is 3.86. The van der Waals surface area contributed by atoms with Crippen LogP contribution in [0.3, 0.4) is 0 Å². The summed E-state index contributed by atoms with van der Waals surface area (Å²) < 4.78 is 0.319. The highest BCUT2D eigenvalue weighted by Crippen LogP contribution is 2.26. The lowest BCUT2D eigenvalue weighted by atomic mass is 10.1. The van der Waals surface area contributed by atoms with Crippen molar-refractivity contribution in [2.75, 3.05) is 32.7 Å². The van der Waals surface area contributed by atoms with Crippen LogP contribution >= 0.6 is 27.5 Å². The van der Waals surface area contributed by atoms with Crippen molar-refractivity contribution in [2.45, 2.75) is 6.42 Å². The molecule has 0 N–H and O–H groups in total. The molecule has 0 saturated carbocycles. The number of nitrogens with zero attached hydrogens (tertiary/aromatic N) is 3. The monoisotopic (exact) mass is 451 g/mol. The number of nitro groups is 1. The van der Waals surface area contributed by atoms with Crippen LogP contribution in [0.1, 0.15) is 15.9 Å². The maximum Gasteiger partial charge on any atom is 0.283 e. The van der Waals surface area contributed by atoms with Crippen LogP contribution in [0.2, 0.25) is 5.02 Å². The molecular weight excluding hydrogens is 434 g/mol. The van der Waals surface area contributed by atoms with Crippen molar-refractivity contribution in [3.63, 3.8) is 0 Å². The number of halogens is 2. The fraction of sp³-hybridized carbons (Fsp3) is 0.316. The molecule has 0 bridgehead atoms. The zero-order chi connectivity index (χ0) is 19.4. The Morgan fingerprint density at radius 2 is 1.78 bits per heavy atom. The number of rotatable bonds is 5. The summed E-state index contributed by atoms with van der Waals surface area (Å²) in [5.41, 5.74) is 1.66. The maximum atomic E-state index is 12.7. The maximum absolute atomic E-state index is 12.7. The Kier molecular flexibility index (Phi) is 6.46. The highest BCUT2D eigenvalue weighted by atomic mass is 79.9. The van der Waals surface area contributed by atoms with Gasteiger partial charge in [-0.1, -0.05) is 23.7 Å². The van der Waals surface area contributed by atoms with Gasteiger partial charge in [0.2, 0.25) is 0 Å². The van der Waals surface area contributed by atoms with E-state index in [1.807, 2.05) is 24.3 Å². The average Bonchev–Trinajstić information content (AvgIpc) is 2.67. The second kappa shape index (κ2) is 8.82. The SMILES string of the molecule is O=C(c1ccc([N+](=O)[O-])c(Br)c1)N1CCN(CCc2ccc(Cl)cc2)CC1. The number of amides is 1. The van der Waals surface area contributed by atoms with E-state index in [9.17, 15) is 14.9 Å². The van der Waals surface area contributed by atoms with Gasteiger partial charge in [-0.25, -0.2) is 0 Å². The van der Waals surface area contributed by atoms with Gasteiger partial charge in [0.15, 0.2) is 0 Å². The second-order valence-corrected chi connectivity index (χ2v) is 7.72. The largest absolute Gasteiger partial charge is 0.336 e. The van der Waals surface area contributed by atoms with Crippen LogP contribution in [0, 0.1) is 10.1 Å². The van der Waals surface area contributed by atoms with Crippen LogP contribution in [0.15, 0.2) is 46.9 Å². The smallest absolute Gasteiger partial charge is 0.283 e. The first-order valence-electron chi connectivity index (χ1n) is 8.64. The van der Waals surface area contributed by atoms with Crippen LogP contribution in [-0.2, 0) is 6.42 Å². The average molecular weight is 453 g/mol. The topological polar surface area (TPSA) is 66.7 Å². The minimum atomic E-state index is -0.474. The highest BCUT2D eigenvalue weighted by molar-refractivity contribution is 9.10. The van der Waals surface area contributed by atoms with Crippen molar-refractivity contribution >= 4 is 39.1 Å². The molecule has 142 valence electrons. The predicted octanol–water partition coefficient (Wildman–Crippen LogP) is 4.01. The molecule has 0 radical (unpaired) electrons. The van der Waals surface area contributed by atoms with E-state index >= 15 is 0 Å². The lowest BCUT2D eigenvalue weighted by Crippen LogP contribution is -2.49. The molecule has 1 fully saturated rings. The molecule has 1 heterocycles. The Hall–Kier alpha value is -1.96. The molecule has 8 heteroatoms. The summed E-state index contributed by atoms with van der Waals surface area (Å²) in [5, 5.41) is 11.6. The first-order valence-corrected chi connectivity index (χ1v) is 9.81. The van der Waals surface area contributed by atoms with Crippen LogP contribution in [0.4, 0.5) is 5.69 Å². The van der Waals surface area contributed by atoms with Gasteiger partial charge in [-0.3, -0.25) is 19.8 Å². The summed E-state index contributed by atoms with van der Waals surface area (Å²) >= 11 is 9.07. The third kappa shape index (κ3) is 5.06. The molecule has 1 aliphatic rings.